The molecule has 0 aromatic heterocycles. The van der Waals surface area contributed by atoms with E-state index in [9.17, 15) is 14.3 Å². The number of hydrogen-bond acceptors (Lipinski definition) is 3. The first-order valence-electron chi connectivity index (χ1n) is 10.2. The van der Waals surface area contributed by atoms with Crippen molar-refractivity contribution >= 4 is 5.97 Å². The summed E-state index contributed by atoms with van der Waals surface area (Å²) in [5.41, 5.74) is 3.59. The third-order valence-corrected chi connectivity index (χ3v) is 5.76. The van der Waals surface area contributed by atoms with Crippen molar-refractivity contribution in [3.63, 3.8) is 0 Å². The number of carboxylic acids is 1. The van der Waals surface area contributed by atoms with Crippen molar-refractivity contribution in [1.82, 2.24) is 5.32 Å². The molecule has 3 N–H and O–H groups in total. The summed E-state index contributed by atoms with van der Waals surface area (Å²) in [7, 11) is 0. The Morgan fingerprint density at radius 1 is 1.21 bits per heavy atom. The highest BCUT2D eigenvalue weighted by Crippen LogP contribution is 2.32. The van der Waals surface area contributed by atoms with Crippen LogP contribution in [0.2, 0.25) is 0 Å². The second-order valence-corrected chi connectivity index (χ2v) is 8.78. The quantitative estimate of drug-likeness (QED) is 0.595. The molecule has 5 heteroatoms. The number of fused-ring (bicyclic) bond motifs is 1. The molecule has 0 amide bonds. The Morgan fingerprint density at radius 2 is 1.86 bits per heavy atom. The fourth-order valence-electron chi connectivity index (χ4n) is 4.33. The van der Waals surface area contributed by atoms with Gasteiger partial charge in [-0.15, -0.1) is 0 Å². The molecule has 0 bridgehead atoms. The number of rotatable bonds is 9. The maximum atomic E-state index is 14.2. The first kappa shape index (κ1) is 21.5. The third-order valence-electron chi connectivity index (χ3n) is 5.76. The van der Waals surface area contributed by atoms with Gasteiger partial charge in [0.15, 0.2) is 0 Å². The first-order valence-corrected chi connectivity index (χ1v) is 10.2. The Hall–Kier alpha value is -2.24. The molecule has 29 heavy (non-hydrogen) atoms. The molecule has 1 atom stereocenters. The van der Waals surface area contributed by atoms with Crippen LogP contribution in [-0.2, 0) is 24.1 Å². The van der Waals surface area contributed by atoms with Gasteiger partial charge in [-0.25, -0.2) is 4.39 Å². The number of aliphatic hydroxyl groups is 1. The highest BCUT2D eigenvalue weighted by Gasteiger charge is 2.28. The van der Waals surface area contributed by atoms with E-state index in [1.165, 1.54) is 17.2 Å². The molecule has 0 aliphatic heterocycles. The summed E-state index contributed by atoms with van der Waals surface area (Å²) in [6, 6.07) is 13.0. The minimum absolute atomic E-state index is 0.0176. The van der Waals surface area contributed by atoms with Gasteiger partial charge >= 0.3 is 5.97 Å². The monoisotopic (exact) mass is 399 g/mol. The topological polar surface area (TPSA) is 69.6 Å². The number of halogens is 1. The molecular formula is C24H30FNO3. The maximum Gasteiger partial charge on any atom is 0.303 e. The van der Waals surface area contributed by atoms with Gasteiger partial charge in [-0.1, -0.05) is 36.4 Å². The van der Waals surface area contributed by atoms with E-state index in [0.717, 1.165) is 19.3 Å². The smallest absolute Gasteiger partial charge is 0.303 e. The summed E-state index contributed by atoms with van der Waals surface area (Å²) in [6.45, 7) is 4.47. The molecule has 3 rings (SSSR count). The average molecular weight is 400 g/mol. The average Bonchev–Trinajstić information content (AvgIpc) is 3.06. The number of aliphatic hydroxyl groups excluding tert-OH is 1. The molecule has 156 valence electrons. The molecule has 0 radical (unpaired) electrons. The van der Waals surface area contributed by atoms with Crippen LogP contribution >= 0.6 is 0 Å². The molecule has 2 aromatic rings. The SMILES string of the molecule is CC(C)(CC1Cc2ccccc2C1)NC[C@@H](O)c1cc(CCC(=O)O)ccc1F. The standard InChI is InChI=1S/C24H30FNO3/c1-24(2,14-17-11-18-5-3-4-6-19(18)12-17)26-15-22(27)20-13-16(7-9-21(20)25)8-10-23(28)29/h3-7,9,13,17,22,26-27H,8,10-12,14-15H2,1-2H3,(H,28,29)/t22-/m1/s1. The van der Waals surface area contributed by atoms with Gasteiger partial charge in [0.1, 0.15) is 5.82 Å². The van der Waals surface area contributed by atoms with Crippen molar-refractivity contribution in [1.29, 1.82) is 0 Å². The Bertz CT molecular complexity index is 840. The third kappa shape index (κ3) is 5.87. The van der Waals surface area contributed by atoms with E-state index in [4.69, 9.17) is 5.11 Å². The van der Waals surface area contributed by atoms with E-state index in [0.29, 0.717) is 17.9 Å². The molecular weight excluding hydrogens is 369 g/mol. The van der Waals surface area contributed by atoms with E-state index < -0.39 is 17.9 Å². The Kier molecular flexibility index (Phi) is 6.70. The summed E-state index contributed by atoms with van der Waals surface area (Å²) in [5.74, 6) is -0.806. The first-order chi connectivity index (χ1) is 13.7. The molecule has 0 spiro atoms. The predicted octanol–water partition coefficient (Wildman–Crippen LogP) is 4.05. The van der Waals surface area contributed by atoms with Crippen LogP contribution in [0.4, 0.5) is 4.39 Å². The van der Waals surface area contributed by atoms with Crippen molar-refractivity contribution < 1.29 is 19.4 Å². The second-order valence-electron chi connectivity index (χ2n) is 8.78. The van der Waals surface area contributed by atoms with Gasteiger partial charge in [-0.05, 0) is 68.2 Å². The van der Waals surface area contributed by atoms with Gasteiger partial charge in [0.05, 0.1) is 6.10 Å². The van der Waals surface area contributed by atoms with Crippen LogP contribution < -0.4 is 5.32 Å². The summed E-state index contributed by atoms with van der Waals surface area (Å²) < 4.78 is 14.2. The van der Waals surface area contributed by atoms with Gasteiger partial charge in [0.25, 0.3) is 0 Å². The number of hydrogen-bond donors (Lipinski definition) is 3. The maximum absolute atomic E-state index is 14.2. The van der Waals surface area contributed by atoms with Crippen LogP contribution in [0.25, 0.3) is 0 Å². The molecule has 0 unspecified atom stereocenters. The lowest BCUT2D eigenvalue weighted by atomic mass is 9.88. The minimum Gasteiger partial charge on any atom is -0.481 e. The van der Waals surface area contributed by atoms with E-state index in [1.807, 2.05) is 0 Å². The van der Waals surface area contributed by atoms with E-state index >= 15 is 0 Å². The Labute approximate surface area is 171 Å². The van der Waals surface area contributed by atoms with Crippen LogP contribution in [0.3, 0.4) is 0 Å². The van der Waals surface area contributed by atoms with Crippen molar-refractivity contribution in [3.05, 3.63) is 70.5 Å². The van der Waals surface area contributed by atoms with Crippen molar-refractivity contribution in [3.8, 4) is 0 Å². The lowest BCUT2D eigenvalue weighted by Crippen LogP contribution is -2.43. The van der Waals surface area contributed by atoms with Gasteiger partial charge in [0, 0.05) is 24.1 Å². The summed E-state index contributed by atoms with van der Waals surface area (Å²) in [4.78, 5) is 10.8. The molecule has 0 fully saturated rings. The highest BCUT2D eigenvalue weighted by atomic mass is 19.1. The summed E-state index contributed by atoms with van der Waals surface area (Å²) in [6.07, 6.45) is 2.43. The van der Waals surface area contributed by atoms with Gasteiger partial charge in [-0.2, -0.15) is 0 Å². The lowest BCUT2D eigenvalue weighted by molar-refractivity contribution is -0.136. The summed E-state index contributed by atoms with van der Waals surface area (Å²) >= 11 is 0. The number of aliphatic carboxylic acids is 1. The Balaban J connectivity index is 1.56. The fourth-order valence-corrected chi connectivity index (χ4v) is 4.33. The van der Waals surface area contributed by atoms with Crippen LogP contribution in [0.1, 0.15) is 55.0 Å². The number of carbonyl (C=O) groups is 1. The van der Waals surface area contributed by atoms with Crippen molar-refractivity contribution in [2.75, 3.05) is 6.54 Å². The molecule has 1 aliphatic carbocycles. The van der Waals surface area contributed by atoms with Crippen molar-refractivity contribution in [2.45, 2.75) is 57.6 Å². The molecule has 0 saturated heterocycles. The van der Waals surface area contributed by atoms with E-state index in [-0.39, 0.29) is 24.1 Å². The highest BCUT2D eigenvalue weighted by molar-refractivity contribution is 5.67. The summed E-state index contributed by atoms with van der Waals surface area (Å²) in [5, 5.41) is 22.8. The molecule has 0 heterocycles. The molecule has 1 aliphatic rings. The van der Waals surface area contributed by atoms with E-state index in [1.54, 1.807) is 12.1 Å². The molecule has 4 nitrogen and oxygen atoms in total. The normalized spacial score (nSPS) is 15.3. The van der Waals surface area contributed by atoms with Gasteiger partial charge in [-0.3, -0.25) is 4.79 Å². The molecule has 0 saturated carbocycles. The second kappa shape index (κ2) is 9.06. The largest absolute Gasteiger partial charge is 0.481 e. The zero-order chi connectivity index (χ0) is 21.0. The predicted molar refractivity (Wildman–Crippen MR) is 111 cm³/mol. The van der Waals surface area contributed by atoms with E-state index in [2.05, 4.69) is 43.4 Å². The number of nitrogens with one attached hydrogen (secondary N) is 1. The lowest BCUT2D eigenvalue weighted by Gasteiger charge is -2.30. The number of aryl methyl sites for hydroxylation is 1. The Morgan fingerprint density at radius 3 is 2.48 bits per heavy atom. The zero-order valence-corrected chi connectivity index (χ0v) is 17.1. The minimum atomic E-state index is -0.986. The van der Waals surface area contributed by atoms with Crippen LogP contribution in [0.5, 0.6) is 0 Å². The fraction of sp³-hybridized carbons (Fsp3) is 0.458. The molecule has 2 aromatic carbocycles. The zero-order valence-electron chi connectivity index (χ0n) is 17.1. The number of β-amino-alcohol motifs (C(OH)–C–C–N with tert-alkyl or cyclic N) is 1. The van der Waals surface area contributed by atoms with Crippen LogP contribution in [0, 0.1) is 11.7 Å². The van der Waals surface area contributed by atoms with Crippen LogP contribution in [-0.4, -0.2) is 28.3 Å². The van der Waals surface area contributed by atoms with Crippen LogP contribution in [0.15, 0.2) is 42.5 Å². The van der Waals surface area contributed by atoms with Gasteiger partial charge in [0.2, 0.25) is 0 Å². The number of benzene rings is 2. The number of carboxylic acid groups (broad SMARTS) is 1. The van der Waals surface area contributed by atoms with Crippen molar-refractivity contribution in [2.24, 2.45) is 5.92 Å². The van der Waals surface area contributed by atoms with Gasteiger partial charge < -0.3 is 15.5 Å².